The van der Waals surface area contributed by atoms with Crippen molar-refractivity contribution >= 4 is 5.78 Å². The second-order valence-corrected chi connectivity index (χ2v) is 5.51. The maximum absolute atomic E-state index is 12.0. The number of Topliss-reactive ketones (excluding diaryl/α,β-unsaturated/α-hetero) is 1. The molecule has 20 heavy (non-hydrogen) atoms. The van der Waals surface area contributed by atoms with Gasteiger partial charge in [-0.25, -0.2) is 0 Å². The largest absolute Gasteiger partial charge is 0.294 e. The number of hydrogen-bond donors (Lipinski definition) is 0. The van der Waals surface area contributed by atoms with Crippen LogP contribution in [-0.4, -0.2) is 15.6 Å². The topological polar surface area (TPSA) is 34.9 Å². The van der Waals surface area contributed by atoms with Crippen LogP contribution in [0.4, 0.5) is 0 Å². The Morgan fingerprint density at radius 1 is 1.15 bits per heavy atom. The van der Waals surface area contributed by atoms with Crippen LogP contribution < -0.4 is 0 Å². The van der Waals surface area contributed by atoms with Crippen molar-refractivity contribution in [3.63, 3.8) is 0 Å². The maximum Gasteiger partial charge on any atom is 0.163 e. The van der Waals surface area contributed by atoms with Crippen molar-refractivity contribution in [3.05, 3.63) is 53.9 Å². The molecule has 1 heterocycles. The summed E-state index contributed by atoms with van der Waals surface area (Å²) in [6, 6.07) is 12.1. The number of carbonyl (C=O) groups is 1. The van der Waals surface area contributed by atoms with Crippen molar-refractivity contribution in [1.29, 1.82) is 0 Å². The van der Waals surface area contributed by atoms with Gasteiger partial charge in [0.05, 0.1) is 11.7 Å². The molecule has 2 aromatic rings. The van der Waals surface area contributed by atoms with E-state index in [0.717, 1.165) is 17.7 Å². The summed E-state index contributed by atoms with van der Waals surface area (Å²) in [5.74, 6) is 0.195. The first-order valence-electron chi connectivity index (χ1n) is 7.45. The van der Waals surface area contributed by atoms with Crippen LogP contribution in [0.1, 0.15) is 54.2 Å². The molecule has 1 fully saturated rings. The third kappa shape index (κ3) is 2.98. The van der Waals surface area contributed by atoms with Crippen LogP contribution in [-0.2, 0) is 6.42 Å². The van der Waals surface area contributed by atoms with Crippen LogP contribution in [0.2, 0.25) is 0 Å². The fourth-order valence-electron chi connectivity index (χ4n) is 2.89. The number of hydrogen-bond acceptors (Lipinski definition) is 2. The molecule has 1 aromatic heterocycles. The fourth-order valence-corrected chi connectivity index (χ4v) is 2.89. The average molecular weight is 268 g/mol. The van der Waals surface area contributed by atoms with Gasteiger partial charge in [0.15, 0.2) is 5.78 Å². The summed E-state index contributed by atoms with van der Waals surface area (Å²) < 4.78 is 2.09. The van der Waals surface area contributed by atoms with E-state index in [9.17, 15) is 4.79 Å². The molecule has 104 valence electrons. The second kappa shape index (κ2) is 6.04. The van der Waals surface area contributed by atoms with Crippen LogP contribution in [0, 0.1) is 0 Å². The van der Waals surface area contributed by atoms with Crippen molar-refractivity contribution in [2.45, 2.75) is 44.6 Å². The highest BCUT2D eigenvalue weighted by atomic mass is 16.1. The van der Waals surface area contributed by atoms with E-state index in [4.69, 9.17) is 0 Å². The summed E-state index contributed by atoms with van der Waals surface area (Å²) in [5.41, 5.74) is 1.82. The molecule has 0 radical (unpaired) electrons. The Bertz CT molecular complexity index is 568. The lowest BCUT2D eigenvalue weighted by Crippen LogP contribution is -2.06. The van der Waals surface area contributed by atoms with Gasteiger partial charge in [-0.2, -0.15) is 5.10 Å². The summed E-state index contributed by atoms with van der Waals surface area (Å²) in [6.45, 7) is 0. The van der Waals surface area contributed by atoms with E-state index in [1.807, 2.05) is 30.3 Å². The Morgan fingerprint density at radius 2 is 1.90 bits per heavy atom. The van der Waals surface area contributed by atoms with Crippen molar-refractivity contribution in [1.82, 2.24) is 9.78 Å². The minimum absolute atomic E-state index is 0.195. The Morgan fingerprint density at radius 3 is 2.65 bits per heavy atom. The van der Waals surface area contributed by atoms with Crippen LogP contribution in [0.25, 0.3) is 0 Å². The Kier molecular flexibility index (Phi) is 3.95. The zero-order chi connectivity index (χ0) is 13.8. The van der Waals surface area contributed by atoms with Crippen LogP contribution in [0.3, 0.4) is 0 Å². The summed E-state index contributed by atoms with van der Waals surface area (Å²) in [4.78, 5) is 12.0. The Hall–Kier alpha value is -1.90. The minimum Gasteiger partial charge on any atom is -0.294 e. The standard InChI is InChI=1S/C17H20N2O/c20-17(14-6-2-1-3-7-14)11-10-15-12-13-19(18-15)16-8-4-5-9-16/h1-3,6-7,12-13,16H,4-5,8-11H2. The molecule has 3 rings (SSSR count). The third-order valence-corrected chi connectivity index (χ3v) is 4.07. The van der Waals surface area contributed by atoms with E-state index in [1.165, 1.54) is 25.7 Å². The molecule has 1 aliphatic rings. The fraction of sp³-hybridized carbons (Fsp3) is 0.412. The molecule has 0 unspecified atom stereocenters. The quantitative estimate of drug-likeness (QED) is 0.773. The lowest BCUT2D eigenvalue weighted by atomic mass is 10.1. The van der Waals surface area contributed by atoms with Crippen molar-refractivity contribution < 1.29 is 4.79 Å². The smallest absolute Gasteiger partial charge is 0.163 e. The van der Waals surface area contributed by atoms with E-state index >= 15 is 0 Å². The molecular formula is C17H20N2O. The maximum atomic E-state index is 12.0. The SMILES string of the molecule is O=C(CCc1ccn(C2CCCC2)n1)c1ccccc1. The van der Waals surface area contributed by atoms with E-state index in [-0.39, 0.29) is 5.78 Å². The van der Waals surface area contributed by atoms with Crippen molar-refractivity contribution in [2.75, 3.05) is 0 Å². The van der Waals surface area contributed by atoms with Crippen LogP contribution in [0.5, 0.6) is 0 Å². The van der Waals surface area contributed by atoms with Crippen molar-refractivity contribution in [2.24, 2.45) is 0 Å². The lowest BCUT2D eigenvalue weighted by molar-refractivity contribution is 0.0982. The number of ketones is 1. The molecular weight excluding hydrogens is 248 g/mol. The lowest BCUT2D eigenvalue weighted by Gasteiger charge is -2.08. The molecule has 1 aliphatic carbocycles. The predicted octanol–water partition coefficient (Wildman–Crippen LogP) is 3.81. The zero-order valence-corrected chi connectivity index (χ0v) is 11.7. The zero-order valence-electron chi connectivity index (χ0n) is 11.7. The van der Waals surface area contributed by atoms with E-state index in [1.54, 1.807) is 0 Å². The minimum atomic E-state index is 0.195. The number of carbonyl (C=O) groups excluding carboxylic acids is 1. The number of aryl methyl sites for hydroxylation is 1. The molecule has 0 N–H and O–H groups in total. The van der Waals surface area contributed by atoms with E-state index in [2.05, 4.69) is 22.0 Å². The summed E-state index contributed by atoms with van der Waals surface area (Å²) >= 11 is 0. The second-order valence-electron chi connectivity index (χ2n) is 5.51. The summed E-state index contributed by atoms with van der Waals surface area (Å²) in [6.07, 6.45) is 8.43. The van der Waals surface area contributed by atoms with Gasteiger partial charge in [0, 0.05) is 18.2 Å². The monoisotopic (exact) mass is 268 g/mol. The molecule has 1 aromatic carbocycles. The number of rotatable bonds is 5. The van der Waals surface area contributed by atoms with Gasteiger partial charge < -0.3 is 0 Å². The van der Waals surface area contributed by atoms with Gasteiger partial charge >= 0.3 is 0 Å². The van der Waals surface area contributed by atoms with Gasteiger partial charge in [0.2, 0.25) is 0 Å². The summed E-state index contributed by atoms with van der Waals surface area (Å²) in [7, 11) is 0. The molecule has 1 saturated carbocycles. The molecule has 0 amide bonds. The molecule has 0 bridgehead atoms. The van der Waals surface area contributed by atoms with Gasteiger partial charge in [-0.15, -0.1) is 0 Å². The van der Waals surface area contributed by atoms with Gasteiger partial charge in [-0.3, -0.25) is 9.48 Å². The van der Waals surface area contributed by atoms with Gasteiger partial charge in [-0.1, -0.05) is 43.2 Å². The third-order valence-electron chi connectivity index (χ3n) is 4.07. The van der Waals surface area contributed by atoms with Gasteiger partial charge in [-0.05, 0) is 25.3 Å². The molecule has 0 saturated heterocycles. The molecule has 0 spiro atoms. The molecule has 3 nitrogen and oxygen atoms in total. The Balaban J connectivity index is 1.57. The van der Waals surface area contributed by atoms with Crippen molar-refractivity contribution in [3.8, 4) is 0 Å². The number of benzene rings is 1. The average Bonchev–Trinajstić information content (AvgIpc) is 3.16. The highest BCUT2D eigenvalue weighted by Gasteiger charge is 2.17. The molecule has 3 heteroatoms. The normalized spacial score (nSPS) is 15.6. The molecule has 0 atom stereocenters. The molecule has 0 aliphatic heterocycles. The Labute approximate surface area is 119 Å². The summed E-state index contributed by atoms with van der Waals surface area (Å²) in [5, 5.41) is 4.62. The highest BCUT2D eigenvalue weighted by molar-refractivity contribution is 5.96. The van der Waals surface area contributed by atoms with Gasteiger partial charge in [0.1, 0.15) is 0 Å². The van der Waals surface area contributed by atoms with Crippen LogP contribution >= 0.6 is 0 Å². The number of aromatic nitrogens is 2. The highest BCUT2D eigenvalue weighted by Crippen LogP contribution is 2.28. The van der Waals surface area contributed by atoms with Crippen LogP contribution in [0.15, 0.2) is 42.6 Å². The first-order chi connectivity index (χ1) is 9.83. The first-order valence-corrected chi connectivity index (χ1v) is 7.45. The van der Waals surface area contributed by atoms with E-state index in [0.29, 0.717) is 12.5 Å². The van der Waals surface area contributed by atoms with Gasteiger partial charge in [0.25, 0.3) is 0 Å². The number of nitrogens with zero attached hydrogens (tertiary/aromatic N) is 2. The predicted molar refractivity (Wildman–Crippen MR) is 78.8 cm³/mol. The first kappa shape index (κ1) is 13.1. The van der Waals surface area contributed by atoms with E-state index < -0.39 is 0 Å².